The fourth-order valence-corrected chi connectivity index (χ4v) is 3.09. The number of ether oxygens (including phenoxy) is 2. The summed E-state index contributed by atoms with van der Waals surface area (Å²) in [5.41, 5.74) is 2.21. The van der Waals surface area contributed by atoms with Crippen LogP contribution in [0.3, 0.4) is 0 Å². The van der Waals surface area contributed by atoms with E-state index in [0.29, 0.717) is 19.0 Å². The zero-order valence-corrected chi connectivity index (χ0v) is 16.8. The van der Waals surface area contributed by atoms with Crippen LogP contribution in [0.5, 0.6) is 17.2 Å². The molecule has 5 nitrogen and oxygen atoms in total. The SMILES string of the molecule is O=C(O)c1cc(OCCCCCCOc2ccc(-c3ccccc3)cc2)ccc1O. The summed E-state index contributed by atoms with van der Waals surface area (Å²) < 4.78 is 11.4. The van der Waals surface area contributed by atoms with E-state index >= 15 is 0 Å². The quantitative estimate of drug-likeness (QED) is 0.395. The third kappa shape index (κ3) is 6.27. The van der Waals surface area contributed by atoms with Gasteiger partial charge >= 0.3 is 5.97 Å². The monoisotopic (exact) mass is 406 g/mol. The molecule has 30 heavy (non-hydrogen) atoms. The lowest BCUT2D eigenvalue weighted by Crippen LogP contribution is -2.01. The Morgan fingerprint density at radius 3 is 1.90 bits per heavy atom. The largest absolute Gasteiger partial charge is 0.507 e. The van der Waals surface area contributed by atoms with E-state index in [0.717, 1.165) is 31.4 Å². The van der Waals surface area contributed by atoms with Gasteiger partial charge in [0.1, 0.15) is 22.8 Å². The molecule has 0 saturated heterocycles. The highest BCUT2D eigenvalue weighted by Crippen LogP contribution is 2.24. The summed E-state index contributed by atoms with van der Waals surface area (Å²) in [6.45, 7) is 1.18. The lowest BCUT2D eigenvalue weighted by Gasteiger charge is -2.09. The molecule has 0 bridgehead atoms. The Bertz CT molecular complexity index is 936. The molecule has 0 aliphatic carbocycles. The van der Waals surface area contributed by atoms with Crippen molar-refractivity contribution in [1.29, 1.82) is 0 Å². The highest BCUT2D eigenvalue weighted by atomic mass is 16.5. The lowest BCUT2D eigenvalue weighted by molar-refractivity contribution is 0.0693. The minimum Gasteiger partial charge on any atom is -0.507 e. The Kier molecular flexibility index (Phi) is 7.72. The maximum absolute atomic E-state index is 11.0. The molecule has 156 valence electrons. The number of phenols is 1. The number of carboxylic acid groups (broad SMARTS) is 1. The standard InChI is InChI=1S/C25H26O5/c26-24-15-14-22(18-23(24)25(27)28)30-17-7-2-1-6-16-29-21-12-10-20(11-13-21)19-8-4-3-5-9-19/h3-5,8-15,18,26H,1-2,6-7,16-17H2,(H,27,28). The molecule has 0 aliphatic rings. The third-order valence-electron chi connectivity index (χ3n) is 4.74. The molecule has 3 aromatic rings. The van der Waals surface area contributed by atoms with Crippen molar-refractivity contribution in [1.82, 2.24) is 0 Å². The number of hydrogen-bond donors (Lipinski definition) is 2. The molecule has 0 unspecified atom stereocenters. The molecular formula is C25H26O5. The Balaban J connectivity index is 1.29. The smallest absolute Gasteiger partial charge is 0.339 e. The number of aromatic carboxylic acids is 1. The van der Waals surface area contributed by atoms with Gasteiger partial charge in [-0.05, 0) is 67.1 Å². The molecule has 2 N–H and O–H groups in total. The van der Waals surface area contributed by atoms with Crippen LogP contribution < -0.4 is 9.47 Å². The van der Waals surface area contributed by atoms with Crippen LogP contribution in [0.25, 0.3) is 11.1 Å². The minimum atomic E-state index is -1.17. The molecule has 3 aromatic carbocycles. The first kappa shape index (κ1) is 21.2. The molecule has 5 heteroatoms. The molecular weight excluding hydrogens is 380 g/mol. The van der Waals surface area contributed by atoms with Crippen LogP contribution in [-0.2, 0) is 0 Å². The molecule has 0 aromatic heterocycles. The maximum atomic E-state index is 11.0. The fourth-order valence-electron chi connectivity index (χ4n) is 3.09. The van der Waals surface area contributed by atoms with Crippen LogP contribution >= 0.6 is 0 Å². The van der Waals surface area contributed by atoms with Gasteiger partial charge in [-0.1, -0.05) is 42.5 Å². The second-order valence-electron chi connectivity index (χ2n) is 6.99. The van der Waals surface area contributed by atoms with Gasteiger partial charge in [-0.3, -0.25) is 0 Å². The Morgan fingerprint density at radius 2 is 1.27 bits per heavy atom. The topological polar surface area (TPSA) is 76.0 Å². The predicted octanol–water partition coefficient (Wildman–Crippen LogP) is 5.78. The third-order valence-corrected chi connectivity index (χ3v) is 4.74. The number of carbonyl (C=O) groups is 1. The van der Waals surface area contributed by atoms with E-state index in [1.807, 2.05) is 30.3 Å². The van der Waals surface area contributed by atoms with Gasteiger partial charge < -0.3 is 19.7 Å². The number of benzene rings is 3. The van der Waals surface area contributed by atoms with Crippen molar-refractivity contribution >= 4 is 5.97 Å². The van der Waals surface area contributed by atoms with E-state index in [-0.39, 0.29) is 11.3 Å². The molecule has 0 fully saturated rings. The van der Waals surface area contributed by atoms with Gasteiger partial charge in [0.25, 0.3) is 0 Å². The van der Waals surface area contributed by atoms with Gasteiger partial charge in [0.05, 0.1) is 13.2 Å². The molecule has 0 radical (unpaired) electrons. The van der Waals surface area contributed by atoms with Gasteiger partial charge in [0.15, 0.2) is 0 Å². The van der Waals surface area contributed by atoms with Crippen LogP contribution in [0, 0.1) is 0 Å². The molecule has 0 spiro atoms. The summed E-state index contributed by atoms with van der Waals surface area (Å²) in [7, 11) is 0. The number of aromatic hydroxyl groups is 1. The van der Waals surface area contributed by atoms with Crippen molar-refractivity contribution < 1.29 is 24.5 Å². The number of unbranched alkanes of at least 4 members (excludes halogenated alkanes) is 3. The van der Waals surface area contributed by atoms with Crippen LogP contribution in [-0.4, -0.2) is 29.4 Å². The first-order valence-electron chi connectivity index (χ1n) is 10.1. The number of hydrogen-bond acceptors (Lipinski definition) is 4. The van der Waals surface area contributed by atoms with Crippen molar-refractivity contribution in [2.24, 2.45) is 0 Å². The predicted molar refractivity (Wildman–Crippen MR) is 116 cm³/mol. The summed E-state index contributed by atoms with van der Waals surface area (Å²) in [6, 6.07) is 22.6. The number of carboxylic acids is 1. The second-order valence-corrected chi connectivity index (χ2v) is 6.99. The van der Waals surface area contributed by atoms with Gasteiger partial charge in [-0.25, -0.2) is 4.79 Å². The van der Waals surface area contributed by atoms with Gasteiger partial charge in [-0.2, -0.15) is 0 Å². The molecule has 0 aliphatic heterocycles. The van der Waals surface area contributed by atoms with E-state index in [1.54, 1.807) is 6.07 Å². The normalized spacial score (nSPS) is 10.5. The average Bonchev–Trinajstić information content (AvgIpc) is 2.77. The molecule has 0 amide bonds. The highest BCUT2D eigenvalue weighted by Gasteiger charge is 2.10. The van der Waals surface area contributed by atoms with Crippen LogP contribution in [0.1, 0.15) is 36.0 Å². The zero-order valence-electron chi connectivity index (χ0n) is 16.8. The van der Waals surface area contributed by atoms with Crippen molar-refractivity contribution in [3.63, 3.8) is 0 Å². The number of rotatable bonds is 11. The Hall–Kier alpha value is -3.47. The average molecular weight is 406 g/mol. The molecule has 0 saturated carbocycles. The molecule has 3 rings (SSSR count). The summed E-state index contributed by atoms with van der Waals surface area (Å²) in [6.07, 6.45) is 3.86. The van der Waals surface area contributed by atoms with E-state index in [9.17, 15) is 9.90 Å². The van der Waals surface area contributed by atoms with Crippen LogP contribution in [0.4, 0.5) is 0 Å². The Labute approximate surface area is 176 Å². The van der Waals surface area contributed by atoms with Crippen LogP contribution in [0.2, 0.25) is 0 Å². The van der Waals surface area contributed by atoms with E-state index in [4.69, 9.17) is 14.6 Å². The van der Waals surface area contributed by atoms with E-state index in [2.05, 4.69) is 24.3 Å². The first-order valence-corrected chi connectivity index (χ1v) is 10.1. The first-order chi connectivity index (χ1) is 14.6. The second kappa shape index (κ2) is 10.9. The van der Waals surface area contributed by atoms with Crippen molar-refractivity contribution in [3.8, 4) is 28.4 Å². The lowest BCUT2D eigenvalue weighted by atomic mass is 10.1. The van der Waals surface area contributed by atoms with Gasteiger partial charge in [-0.15, -0.1) is 0 Å². The van der Waals surface area contributed by atoms with Gasteiger partial charge in [0.2, 0.25) is 0 Å². The minimum absolute atomic E-state index is 0.151. The van der Waals surface area contributed by atoms with E-state index < -0.39 is 5.97 Å². The van der Waals surface area contributed by atoms with Crippen LogP contribution in [0.15, 0.2) is 72.8 Å². The fraction of sp³-hybridized carbons (Fsp3) is 0.240. The van der Waals surface area contributed by atoms with Crippen molar-refractivity contribution in [2.45, 2.75) is 25.7 Å². The maximum Gasteiger partial charge on any atom is 0.339 e. The Morgan fingerprint density at radius 1 is 0.700 bits per heavy atom. The summed E-state index contributed by atoms with van der Waals surface area (Å²) >= 11 is 0. The van der Waals surface area contributed by atoms with Crippen molar-refractivity contribution in [3.05, 3.63) is 78.4 Å². The van der Waals surface area contributed by atoms with Gasteiger partial charge in [0, 0.05) is 0 Å². The molecule has 0 atom stereocenters. The van der Waals surface area contributed by atoms with E-state index in [1.165, 1.54) is 23.3 Å². The zero-order chi connectivity index (χ0) is 21.2. The summed E-state index contributed by atoms with van der Waals surface area (Å²) in [4.78, 5) is 11.0. The molecule has 0 heterocycles. The summed E-state index contributed by atoms with van der Waals surface area (Å²) in [5.74, 6) is -0.107. The van der Waals surface area contributed by atoms with Crippen molar-refractivity contribution in [2.75, 3.05) is 13.2 Å². The highest BCUT2D eigenvalue weighted by molar-refractivity contribution is 5.91. The summed E-state index contributed by atoms with van der Waals surface area (Å²) in [5, 5.41) is 18.5.